The molecule has 0 saturated carbocycles. The van der Waals surface area contributed by atoms with Gasteiger partial charge in [0.2, 0.25) is 0 Å². The number of alkyl halides is 2. The second kappa shape index (κ2) is 5.81. The smallest absolute Gasteiger partial charge is 0.404 e. The van der Waals surface area contributed by atoms with Crippen LogP contribution in [0.3, 0.4) is 0 Å². The molecule has 3 nitrogen and oxygen atoms in total. The Labute approximate surface area is 139 Å². The first-order valence-electron chi connectivity index (χ1n) is 6.52. The van der Waals surface area contributed by atoms with Crippen molar-refractivity contribution in [1.82, 2.24) is 0 Å². The second-order valence-electron chi connectivity index (χ2n) is 4.86. The molecule has 0 spiro atoms. The third-order valence-corrected chi connectivity index (χ3v) is 5.34. The van der Waals surface area contributed by atoms with Crippen LogP contribution in [0.2, 0.25) is 0 Å². The van der Waals surface area contributed by atoms with Crippen molar-refractivity contribution in [2.45, 2.75) is 9.65 Å². The van der Waals surface area contributed by atoms with Crippen molar-refractivity contribution in [3.8, 4) is 11.1 Å². The topological polar surface area (TPSA) is 52.3 Å². The fraction of sp³-hybridized carbons (Fsp3) is 0.188. The molecule has 2 aromatic carbocycles. The Kier molecular flexibility index (Phi) is 4.04. The van der Waals surface area contributed by atoms with E-state index in [2.05, 4.69) is 50.1 Å². The summed E-state index contributed by atoms with van der Waals surface area (Å²) in [6, 6.07) is 14.5. The van der Waals surface area contributed by atoms with E-state index in [0.717, 1.165) is 5.56 Å². The van der Waals surface area contributed by atoms with E-state index >= 15 is 0 Å². The van der Waals surface area contributed by atoms with Crippen LogP contribution in [0.5, 0.6) is 0 Å². The Morgan fingerprint density at radius 1 is 1.19 bits per heavy atom. The van der Waals surface area contributed by atoms with E-state index in [1.807, 2.05) is 24.3 Å². The Morgan fingerprint density at radius 2 is 1.90 bits per heavy atom. The average Bonchev–Trinajstić information content (AvgIpc) is 2.79. The van der Waals surface area contributed by atoms with Gasteiger partial charge >= 0.3 is 6.09 Å². The molecule has 1 aliphatic carbocycles. The summed E-state index contributed by atoms with van der Waals surface area (Å²) in [6.45, 7) is 0.210. The van der Waals surface area contributed by atoms with Crippen LogP contribution in [0.4, 0.5) is 4.79 Å². The normalized spacial score (nSPS) is 17.0. The molecule has 1 amide bonds. The molecule has 1 aliphatic rings. The zero-order valence-corrected chi connectivity index (χ0v) is 14.2. The standard InChI is InChI=1S/C16H13Br2NO2/c17-13(8-21-16(19)20)12-7-3-6-10-9-4-1-2-5-11(9)15(18)14(10)12/h1-7,13,15H,8H2,(H2,19,20). The lowest BCUT2D eigenvalue weighted by Crippen LogP contribution is -2.16. The SMILES string of the molecule is NC(=O)OCC(Br)c1cccc2c1C(Br)c1ccccc1-2. The monoisotopic (exact) mass is 409 g/mol. The summed E-state index contributed by atoms with van der Waals surface area (Å²) in [6.07, 6.45) is -0.759. The third-order valence-electron chi connectivity index (χ3n) is 3.63. The molecule has 0 fully saturated rings. The van der Waals surface area contributed by atoms with Gasteiger partial charge in [0.25, 0.3) is 0 Å². The molecule has 3 rings (SSSR count). The maximum Gasteiger partial charge on any atom is 0.404 e. The van der Waals surface area contributed by atoms with Crippen LogP contribution < -0.4 is 5.73 Å². The van der Waals surface area contributed by atoms with E-state index in [1.54, 1.807) is 0 Å². The van der Waals surface area contributed by atoms with E-state index in [4.69, 9.17) is 10.5 Å². The van der Waals surface area contributed by atoms with Crippen molar-refractivity contribution in [2.75, 3.05) is 6.61 Å². The van der Waals surface area contributed by atoms with Gasteiger partial charge in [-0.15, -0.1) is 0 Å². The summed E-state index contributed by atoms with van der Waals surface area (Å²) >= 11 is 7.37. The van der Waals surface area contributed by atoms with Gasteiger partial charge < -0.3 is 10.5 Å². The first kappa shape index (κ1) is 14.6. The highest BCUT2D eigenvalue weighted by Gasteiger charge is 2.30. The number of amides is 1. The number of fused-ring (bicyclic) bond motifs is 3. The fourth-order valence-electron chi connectivity index (χ4n) is 2.74. The van der Waals surface area contributed by atoms with Gasteiger partial charge in [-0.3, -0.25) is 0 Å². The molecule has 0 aliphatic heterocycles. The van der Waals surface area contributed by atoms with Crippen molar-refractivity contribution in [3.63, 3.8) is 0 Å². The average molecular weight is 411 g/mol. The Bertz CT molecular complexity index is 702. The summed E-state index contributed by atoms with van der Waals surface area (Å²) in [7, 11) is 0. The van der Waals surface area contributed by atoms with Crippen LogP contribution >= 0.6 is 31.9 Å². The Morgan fingerprint density at radius 3 is 2.67 bits per heavy atom. The van der Waals surface area contributed by atoms with E-state index < -0.39 is 6.09 Å². The van der Waals surface area contributed by atoms with Gasteiger partial charge in [0, 0.05) is 0 Å². The van der Waals surface area contributed by atoms with Crippen LogP contribution in [0.1, 0.15) is 26.3 Å². The predicted octanol–water partition coefficient (Wildman–Crippen LogP) is 4.68. The third kappa shape index (κ3) is 2.60. The maximum atomic E-state index is 10.8. The number of rotatable bonds is 3. The molecule has 21 heavy (non-hydrogen) atoms. The number of ether oxygens (including phenoxy) is 1. The molecule has 108 valence electrons. The van der Waals surface area contributed by atoms with Crippen LogP contribution in [0, 0.1) is 0 Å². The number of halogens is 2. The van der Waals surface area contributed by atoms with E-state index in [0.29, 0.717) is 0 Å². The zero-order chi connectivity index (χ0) is 15.0. The largest absolute Gasteiger partial charge is 0.448 e. The number of carbonyl (C=O) groups is 1. The maximum absolute atomic E-state index is 10.8. The molecule has 0 heterocycles. The molecule has 0 aromatic heterocycles. The number of carbonyl (C=O) groups excluding carboxylic acids is 1. The molecule has 0 bridgehead atoms. The number of hydrogen-bond acceptors (Lipinski definition) is 2. The van der Waals surface area contributed by atoms with Crippen molar-refractivity contribution >= 4 is 38.0 Å². The van der Waals surface area contributed by atoms with Gasteiger partial charge in [0.1, 0.15) is 6.61 Å². The van der Waals surface area contributed by atoms with Crippen LogP contribution in [-0.4, -0.2) is 12.7 Å². The van der Waals surface area contributed by atoms with E-state index in [-0.39, 0.29) is 16.3 Å². The molecule has 0 radical (unpaired) electrons. The lowest BCUT2D eigenvalue weighted by molar-refractivity contribution is 0.157. The predicted molar refractivity (Wildman–Crippen MR) is 89.9 cm³/mol. The second-order valence-corrected chi connectivity index (χ2v) is 6.88. The zero-order valence-electron chi connectivity index (χ0n) is 11.1. The summed E-state index contributed by atoms with van der Waals surface area (Å²) in [5, 5.41) is 0. The highest BCUT2D eigenvalue weighted by Crippen LogP contribution is 2.51. The number of nitrogens with two attached hydrogens (primary N) is 1. The minimum absolute atomic E-state index is 0.0886. The summed E-state index contributed by atoms with van der Waals surface area (Å²) < 4.78 is 4.91. The minimum Gasteiger partial charge on any atom is -0.448 e. The number of hydrogen-bond donors (Lipinski definition) is 1. The first-order chi connectivity index (χ1) is 10.1. The van der Waals surface area contributed by atoms with Crippen molar-refractivity contribution in [1.29, 1.82) is 0 Å². The molecule has 0 saturated heterocycles. The lowest BCUT2D eigenvalue weighted by atomic mass is 9.99. The molecular weight excluding hydrogens is 398 g/mol. The van der Waals surface area contributed by atoms with Gasteiger partial charge in [0.15, 0.2) is 0 Å². The highest BCUT2D eigenvalue weighted by molar-refractivity contribution is 9.09. The van der Waals surface area contributed by atoms with Crippen molar-refractivity contribution in [2.24, 2.45) is 5.73 Å². The van der Waals surface area contributed by atoms with Crippen LogP contribution in [0.25, 0.3) is 11.1 Å². The summed E-state index contributed by atoms with van der Waals surface area (Å²) in [5.74, 6) is 0. The number of benzene rings is 2. The summed E-state index contributed by atoms with van der Waals surface area (Å²) in [5.41, 5.74) is 11.1. The van der Waals surface area contributed by atoms with Gasteiger partial charge in [0.05, 0.1) is 9.65 Å². The van der Waals surface area contributed by atoms with Gasteiger partial charge in [-0.05, 0) is 27.8 Å². The van der Waals surface area contributed by atoms with Crippen LogP contribution in [-0.2, 0) is 4.74 Å². The number of primary amides is 1. The first-order valence-corrected chi connectivity index (χ1v) is 8.35. The van der Waals surface area contributed by atoms with E-state index in [1.165, 1.54) is 22.3 Å². The molecule has 2 atom stereocenters. The van der Waals surface area contributed by atoms with Crippen molar-refractivity contribution < 1.29 is 9.53 Å². The van der Waals surface area contributed by atoms with Crippen LogP contribution in [0.15, 0.2) is 42.5 Å². The highest BCUT2D eigenvalue weighted by atomic mass is 79.9. The van der Waals surface area contributed by atoms with E-state index in [9.17, 15) is 4.79 Å². The molecule has 2 unspecified atom stereocenters. The van der Waals surface area contributed by atoms with Gasteiger partial charge in [-0.25, -0.2) is 4.79 Å². The molecule has 2 N–H and O–H groups in total. The quantitative estimate of drug-likeness (QED) is 0.746. The lowest BCUT2D eigenvalue weighted by Gasteiger charge is -2.16. The molecule has 2 aromatic rings. The molecule has 5 heteroatoms. The molecular formula is C16H13Br2NO2. The fourth-order valence-corrected chi connectivity index (χ4v) is 4.18. The van der Waals surface area contributed by atoms with Crippen molar-refractivity contribution in [3.05, 3.63) is 59.2 Å². The summed E-state index contributed by atoms with van der Waals surface area (Å²) in [4.78, 5) is 10.8. The Balaban J connectivity index is 2.02. The minimum atomic E-state index is -0.759. The van der Waals surface area contributed by atoms with Gasteiger partial charge in [-0.2, -0.15) is 0 Å². The van der Waals surface area contributed by atoms with Gasteiger partial charge in [-0.1, -0.05) is 74.3 Å². The Hall–Kier alpha value is -1.33.